The van der Waals surface area contributed by atoms with Gasteiger partial charge in [-0.15, -0.1) is 0 Å². The Hall–Kier alpha value is 1.26. The zero-order valence-electron chi connectivity index (χ0n) is 18.3. The van der Waals surface area contributed by atoms with Crippen molar-refractivity contribution in [1.82, 2.24) is 0 Å². The molecule has 6 aliphatic heterocycles. The Kier molecular flexibility index (Phi) is 4.97. The molecule has 0 unspecified atom stereocenters. The fourth-order valence-corrected chi connectivity index (χ4v) is 50.8. The van der Waals surface area contributed by atoms with Gasteiger partial charge in [-0.1, -0.05) is 13.8 Å². The molecule has 30 heavy (non-hydrogen) atoms. The van der Waals surface area contributed by atoms with Crippen molar-refractivity contribution in [3.8, 4) is 0 Å². The molecule has 0 atom stereocenters. The molecule has 6 aliphatic rings. The fraction of sp³-hybridized carbons (Fsp3) is 1.00. The van der Waals surface area contributed by atoms with Gasteiger partial charge in [0.15, 0.2) is 0 Å². The Bertz CT molecular complexity index is 683. The molecule has 0 aromatic rings. The maximum absolute atomic E-state index is 6.61. The first kappa shape index (κ1) is 23.0. The summed E-state index contributed by atoms with van der Waals surface area (Å²) >= 11 is 0. The highest BCUT2D eigenvalue weighted by molar-refractivity contribution is 7.02. The second kappa shape index (κ2) is 6.47. The van der Waals surface area contributed by atoms with Crippen molar-refractivity contribution < 1.29 is 49.4 Å². The first-order chi connectivity index (χ1) is 13.6. The van der Waals surface area contributed by atoms with Crippen LogP contribution in [0.4, 0.5) is 0 Å². The third-order valence-electron chi connectivity index (χ3n) is 5.14. The summed E-state index contributed by atoms with van der Waals surface area (Å²) in [5.41, 5.74) is 0. The van der Waals surface area contributed by atoms with E-state index in [1.807, 2.05) is 13.8 Å². The van der Waals surface area contributed by atoms with Crippen LogP contribution in [-0.2, 0) is 49.4 Å². The first-order valence-electron chi connectivity index (χ1n) is 10.0. The summed E-state index contributed by atoms with van der Waals surface area (Å²) < 4.78 is 78.6. The van der Waals surface area contributed by atoms with Crippen molar-refractivity contribution in [3.63, 3.8) is 0 Å². The van der Waals surface area contributed by atoms with E-state index in [4.69, 9.17) is 49.4 Å². The molecular weight excluding hydrogens is 537 g/mol. The topological polar surface area (TPSA) is 111 Å². The number of hydrogen-bond acceptors (Lipinski definition) is 12. The monoisotopic (exact) mass is 564 g/mol. The zero-order chi connectivity index (χ0) is 21.9. The van der Waals surface area contributed by atoms with Crippen LogP contribution in [0.5, 0.6) is 0 Å². The molecule has 172 valence electrons. The average Bonchev–Trinajstić information content (AvgIpc) is 2.45. The van der Waals surface area contributed by atoms with Gasteiger partial charge in [-0.3, -0.25) is 0 Å². The molecule has 6 heterocycles. The normalized spacial score (nSPS) is 62.4. The SMILES string of the molecule is CC[Si]12O[Si]3(C)O[Si]4(C)O[Si]5(C)O[Si](C)(O3)O[Si](C)(O1)O[Si](CC)(O5)O[Si](C)(O4)O2. The minimum Gasteiger partial charge on any atom is -0.374 e. The number of rotatable bonds is 2. The van der Waals surface area contributed by atoms with Gasteiger partial charge in [0.1, 0.15) is 0 Å². The van der Waals surface area contributed by atoms with Gasteiger partial charge in [-0.25, -0.2) is 0 Å². The smallest absolute Gasteiger partial charge is 0.374 e. The Morgan fingerprint density at radius 3 is 0.700 bits per heavy atom. The lowest BCUT2D eigenvalue weighted by Gasteiger charge is -2.61. The molecule has 8 bridgehead atoms. The minimum atomic E-state index is -3.44. The molecule has 0 aromatic carbocycles. The summed E-state index contributed by atoms with van der Waals surface area (Å²) in [6.07, 6.45) is 0. The molecular formula is C10H28O12Si8. The summed E-state index contributed by atoms with van der Waals surface area (Å²) in [5.74, 6) is 0. The molecule has 0 aliphatic carbocycles. The summed E-state index contributed by atoms with van der Waals surface area (Å²) in [7, 11) is -27.4. The quantitative estimate of drug-likeness (QED) is 0.454. The lowest BCUT2D eigenvalue weighted by atomic mass is 11.0. The van der Waals surface area contributed by atoms with Crippen LogP contribution in [0.15, 0.2) is 0 Å². The second-order valence-electron chi connectivity index (χ2n) is 8.47. The molecule has 0 spiro atoms. The van der Waals surface area contributed by atoms with Crippen LogP contribution in [0.1, 0.15) is 13.8 Å². The van der Waals surface area contributed by atoms with Gasteiger partial charge < -0.3 is 49.4 Å². The zero-order valence-corrected chi connectivity index (χ0v) is 26.3. The van der Waals surface area contributed by atoms with Gasteiger partial charge >= 0.3 is 70.4 Å². The van der Waals surface area contributed by atoms with E-state index in [0.717, 1.165) is 0 Å². The summed E-state index contributed by atoms with van der Waals surface area (Å²) in [5, 5.41) is 0. The summed E-state index contributed by atoms with van der Waals surface area (Å²) in [6.45, 7) is 14.5. The van der Waals surface area contributed by atoms with Gasteiger partial charge in [0.25, 0.3) is 0 Å². The van der Waals surface area contributed by atoms with Crippen LogP contribution in [0.2, 0.25) is 51.4 Å². The van der Waals surface area contributed by atoms with Gasteiger partial charge in [0, 0.05) is 51.4 Å². The molecule has 0 aromatic heterocycles. The highest BCUT2D eigenvalue weighted by Crippen LogP contribution is 2.49. The Morgan fingerprint density at radius 2 is 0.500 bits per heavy atom. The van der Waals surface area contributed by atoms with Crippen LogP contribution < -0.4 is 0 Å². The van der Waals surface area contributed by atoms with E-state index >= 15 is 0 Å². The molecule has 6 fully saturated rings. The van der Waals surface area contributed by atoms with Crippen LogP contribution in [0.25, 0.3) is 0 Å². The van der Waals surface area contributed by atoms with Crippen molar-refractivity contribution in [2.45, 2.75) is 65.2 Å². The minimum absolute atomic E-state index is 0.444. The van der Waals surface area contributed by atoms with Crippen LogP contribution >= 0.6 is 0 Å². The standard InChI is InChI=1S/C10H28O12Si8/c1-9-29-17-25(5)11-23(3)13-26(6)14-24(4,12-25)16-28(8,20-29)22-30(10-2,18-26)21-27(7,15-23)19-29/h9-10H2,1-8H3. The third-order valence-corrected chi connectivity index (χ3v) is 41.0. The lowest BCUT2D eigenvalue weighted by Crippen LogP contribution is -2.86. The van der Waals surface area contributed by atoms with E-state index in [-0.39, 0.29) is 0 Å². The predicted molar refractivity (Wildman–Crippen MR) is 115 cm³/mol. The Labute approximate surface area is 184 Å². The van der Waals surface area contributed by atoms with Crippen molar-refractivity contribution in [3.05, 3.63) is 0 Å². The van der Waals surface area contributed by atoms with Crippen LogP contribution in [0, 0.1) is 0 Å². The van der Waals surface area contributed by atoms with E-state index in [1.54, 1.807) is 39.3 Å². The fourth-order valence-electron chi connectivity index (χ4n) is 4.65. The van der Waals surface area contributed by atoms with Crippen LogP contribution in [0.3, 0.4) is 0 Å². The van der Waals surface area contributed by atoms with Crippen molar-refractivity contribution in [1.29, 1.82) is 0 Å². The van der Waals surface area contributed by atoms with Crippen LogP contribution in [-0.4, -0.2) is 70.4 Å². The van der Waals surface area contributed by atoms with E-state index < -0.39 is 70.4 Å². The number of hydrogen-bond donors (Lipinski definition) is 0. The van der Waals surface area contributed by atoms with Crippen molar-refractivity contribution in [2.24, 2.45) is 0 Å². The average molecular weight is 565 g/mol. The first-order valence-corrected chi connectivity index (χ1v) is 27.2. The largest absolute Gasteiger partial charge is 0.478 e. The van der Waals surface area contributed by atoms with E-state index in [1.165, 1.54) is 0 Å². The second-order valence-corrected chi connectivity index (χ2v) is 32.8. The maximum Gasteiger partial charge on any atom is 0.478 e. The highest BCUT2D eigenvalue weighted by Gasteiger charge is 2.79. The molecule has 0 saturated carbocycles. The van der Waals surface area contributed by atoms with E-state index in [0.29, 0.717) is 12.1 Å². The van der Waals surface area contributed by atoms with E-state index in [9.17, 15) is 0 Å². The van der Waals surface area contributed by atoms with Gasteiger partial charge in [-0.05, 0) is 0 Å². The van der Waals surface area contributed by atoms with Gasteiger partial charge in [-0.2, -0.15) is 0 Å². The maximum atomic E-state index is 6.61. The molecule has 0 N–H and O–H groups in total. The van der Waals surface area contributed by atoms with Gasteiger partial charge in [0.05, 0.1) is 0 Å². The lowest BCUT2D eigenvalue weighted by molar-refractivity contribution is -0.0203. The molecule has 6 saturated heterocycles. The molecule has 12 nitrogen and oxygen atoms in total. The van der Waals surface area contributed by atoms with Gasteiger partial charge in [0.2, 0.25) is 0 Å². The predicted octanol–water partition coefficient (Wildman–Crippen LogP) is 1.58. The third kappa shape index (κ3) is 3.72. The molecule has 0 radical (unpaired) electrons. The molecule has 0 amide bonds. The summed E-state index contributed by atoms with van der Waals surface area (Å²) in [6, 6.07) is 0.887. The Balaban J connectivity index is 1.80. The Morgan fingerprint density at radius 1 is 0.333 bits per heavy atom. The molecule has 20 heteroatoms. The van der Waals surface area contributed by atoms with Crippen molar-refractivity contribution >= 4 is 70.4 Å². The van der Waals surface area contributed by atoms with Crippen molar-refractivity contribution in [2.75, 3.05) is 0 Å². The van der Waals surface area contributed by atoms with E-state index in [2.05, 4.69) is 0 Å². The highest BCUT2D eigenvalue weighted by atomic mass is 28.6. The summed E-state index contributed by atoms with van der Waals surface area (Å²) in [4.78, 5) is 0. The molecule has 6 rings (SSSR count).